The number of rotatable bonds is 7. The number of methoxy groups -OCH3 is 2. The minimum Gasteiger partial charge on any atom is -0.493 e. The van der Waals surface area contributed by atoms with Crippen molar-refractivity contribution >= 4 is 29.2 Å². The second-order valence-electron chi connectivity index (χ2n) is 5.27. The average molecular weight is 379 g/mol. The monoisotopic (exact) mass is 378 g/mol. The summed E-state index contributed by atoms with van der Waals surface area (Å²) in [6.45, 7) is -0.186. The van der Waals surface area contributed by atoms with Crippen LogP contribution in [0.2, 0.25) is 5.02 Å². The van der Waals surface area contributed by atoms with Gasteiger partial charge in [0.2, 0.25) is 0 Å². The molecule has 0 saturated carbocycles. The molecule has 0 unspecified atom stereocenters. The van der Waals surface area contributed by atoms with Crippen LogP contribution in [0.25, 0.3) is 0 Å². The van der Waals surface area contributed by atoms with Gasteiger partial charge < -0.3 is 25.3 Å². The van der Waals surface area contributed by atoms with Crippen LogP contribution in [0.4, 0.5) is 5.69 Å². The molecule has 0 bridgehead atoms. The van der Waals surface area contributed by atoms with E-state index in [1.807, 2.05) is 0 Å². The Kier molecular flexibility index (Phi) is 6.68. The zero-order chi connectivity index (χ0) is 19.1. The standard InChI is InChI=1S/C18H19ClN2O5/c1-24-15-6-3-11(7-16(15)25-2)9-21-17(22)10-26-18(23)13-8-12(19)4-5-14(13)20/h3-8H,9-10,20H2,1-2H3,(H,21,22). The Balaban J connectivity index is 1.87. The Morgan fingerprint density at radius 1 is 1.08 bits per heavy atom. The highest BCUT2D eigenvalue weighted by Gasteiger charge is 2.14. The smallest absolute Gasteiger partial charge is 0.340 e. The number of hydrogen-bond acceptors (Lipinski definition) is 6. The number of halogens is 1. The predicted octanol–water partition coefficient (Wildman–Crippen LogP) is 2.41. The van der Waals surface area contributed by atoms with Crippen molar-refractivity contribution in [1.29, 1.82) is 0 Å². The molecule has 0 saturated heterocycles. The molecular formula is C18H19ClN2O5. The van der Waals surface area contributed by atoms with E-state index in [-0.39, 0.29) is 17.8 Å². The van der Waals surface area contributed by atoms with Crippen molar-refractivity contribution in [2.24, 2.45) is 0 Å². The van der Waals surface area contributed by atoms with E-state index in [9.17, 15) is 9.59 Å². The molecule has 0 heterocycles. The molecule has 0 radical (unpaired) electrons. The normalized spacial score (nSPS) is 10.1. The summed E-state index contributed by atoms with van der Waals surface area (Å²) >= 11 is 5.83. The van der Waals surface area contributed by atoms with Crippen LogP contribution in [-0.4, -0.2) is 32.7 Å². The number of nitrogens with one attached hydrogen (secondary N) is 1. The highest BCUT2D eigenvalue weighted by Crippen LogP contribution is 2.27. The van der Waals surface area contributed by atoms with E-state index in [2.05, 4.69) is 5.32 Å². The Hall–Kier alpha value is -2.93. The Labute approximate surface area is 156 Å². The summed E-state index contributed by atoms with van der Waals surface area (Å²) in [5, 5.41) is 3.00. The molecule has 3 N–H and O–H groups in total. The third-order valence-electron chi connectivity index (χ3n) is 3.51. The fraction of sp³-hybridized carbons (Fsp3) is 0.222. The number of nitrogen functional groups attached to an aromatic ring is 1. The van der Waals surface area contributed by atoms with Gasteiger partial charge in [-0.1, -0.05) is 17.7 Å². The van der Waals surface area contributed by atoms with Gasteiger partial charge in [0.15, 0.2) is 18.1 Å². The van der Waals surface area contributed by atoms with Crippen molar-refractivity contribution in [1.82, 2.24) is 5.32 Å². The van der Waals surface area contributed by atoms with Crippen molar-refractivity contribution < 1.29 is 23.8 Å². The molecule has 1 amide bonds. The third kappa shape index (κ3) is 5.03. The molecule has 26 heavy (non-hydrogen) atoms. The van der Waals surface area contributed by atoms with Gasteiger partial charge in [-0.05, 0) is 35.9 Å². The van der Waals surface area contributed by atoms with E-state index in [1.54, 1.807) is 31.4 Å². The molecule has 8 heteroatoms. The van der Waals surface area contributed by atoms with Gasteiger partial charge in [0.1, 0.15) is 0 Å². The number of carbonyl (C=O) groups excluding carboxylic acids is 2. The van der Waals surface area contributed by atoms with Gasteiger partial charge in [-0.25, -0.2) is 4.79 Å². The largest absolute Gasteiger partial charge is 0.493 e. The molecular weight excluding hydrogens is 360 g/mol. The summed E-state index contributed by atoms with van der Waals surface area (Å²) in [6, 6.07) is 9.72. The second kappa shape index (κ2) is 8.96. The van der Waals surface area contributed by atoms with Crippen molar-refractivity contribution in [2.45, 2.75) is 6.54 Å². The average Bonchev–Trinajstić information content (AvgIpc) is 2.65. The Morgan fingerprint density at radius 3 is 2.50 bits per heavy atom. The van der Waals surface area contributed by atoms with Gasteiger partial charge >= 0.3 is 5.97 Å². The van der Waals surface area contributed by atoms with Crippen LogP contribution in [0.15, 0.2) is 36.4 Å². The van der Waals surface area contributed by atoms with E-state index in [0.29, 0.717) is 16.5 Å². The third-order valence-corrected chi connectivity index (χ3v) is 3.74. The Bertz CT molecular complexity index is 810. The first kappa shape index (κ1) is 19.4. The highest BCUT2D eigenvalue weighted by atomic mass is 35.5. The number of esters is 1. The van der Waals surface area contributed by atoms with Crippen molar-refractivity contribution in [3.63, 3.8) is 0 Å². The molecule has 138 valence electrons. The topological polar surface area (TPSA) is 99.9 Å². The van der Waals surface area contributed by atoms with Crippen LogP contribution < -0.4 is 20.5 Å². The van der Waals surface area contributed by atoms with E-state index in [1.165, 1.54) is 19.2 Å². The molecule has 0 spiro atoms. The lowest BCUT2D eigenvalue weighted by Crippen LogP contribution is -2.28. The van der Waals surface area contributed by atoms with Crippen molar-refractivity contribution in [3.05, 3.63) is 52.5 Å². The highest BCUT2D eigenvalue weighted by molar-refractivity contribution is 6.31. The van der Waals surface area contributed by atoms with Crippen molar-refractivity contribution in [2.75, 3.05) is 26.6 Å². The van der Waals surface area contributed by atoms with Gasteiger partial charge in [0.05, 0.1) is 19.8 Å². The first-order chi connectivity index (χ1) is 12.4. The summed E-state index contributed by atoms with van der Waals surface area (Å²) in [7, 11) is 3.07. The van der Waals surface area contributed by atoms with E-state index in [0.717, 1.165) is 5.56 Å². The van der Waals surface area contributed by atoms with Crippen molar-refractivity contribution in [3.8, 4) is 11.5 Å². The number of hydrogen-bond donors (Lipinski definition) is 2. The number of benzene rings is 2. The maximum atomic E-state index is 12.0. The molecule has 0 aliphatic rings. The minimum atomic E-state index is -0.716. The summed E-state index contributed by atoms with van der Waals surface area (Å²) in [5.41, 5.74) is 6.85. The molecule has 0 aliphatic heterocycles. The van der Waals surface area contributed by atoms with Crippen LogP contribution in [-0.2, 0) is 16.1 Å². The maximum absolute atomic E-state index is 12.0. The first-order valence-corrected chi connectivity index (χ1v) is 8.02. The van der Waals surface area contributed by atoms with Gasteiger partial charge in [0.25, 0.3) is 5.91 Å². The number of nitrogens with two attached hydrogens (primary N) is 1. The van der Waals surface area contributed by atoms with E-state index in [4.69, 9.17) is 31.5 Å². The van der Waals surface area contributed by atoms with Gasteiger partial charge in [-0.2, -0.15) is 0 Å². The Morgan fingerprint density at radius 2 is 1.81 bits per heavy atom. The molecule has 2 aromatic rings. The molecule has 0 aliphatic carbocycles. The van der Waals surface area contributed by atoms with Crippen LogP contribution >= 0.6 is 11.6 Å². The molecule has 0 atom stereocenters. The SMILES string of the molecule is COc1ccc(CNC(=O)COC(=O)c2cc(Cl)ccc2N)cc1OC. The maximum Gasteiger partial charge on any atom is 0.340 e. The quantitative estimate of drug-likeness (QED) is 0.567. The summed E-state index contributed by atoms with van der Waals surface area (Å²) in [4.78, 5) is 23.9. The first-order valence-electron chi connectivity index (χ1n) is 7.64. The molecule has 2 rings (SSSR count). The van der Waals surface area contributed by atoms with E-state index < -0.39 is 18.5 Å². The zero-order valence-corrected chi connectivity index (χ0v) is 15.1. The van der Waals surface area contributed by atoms with Crippen LogP contribution in [0, 0.1) is 0 Å². The summed E-state index contributed by atoms with van der Waals surface area (Å²) in [5.74, 6) is -0.0160. The molecule has 2 aromatic carbocycles. The molecule has 0 fully saturated rings. The van der Waals surface area contributed by atoms with Gasteiger partial charge in [0, 0.05) is 17.3 Å². The summed E-state index contributed by atoms with van der Waals surface area (Å²) < 4.78 is 15.3. The lowest BCUT2D eigenvalue weighted by atomic mass is 10.2. The fourth-order valence-electron chi connectivity index (χ4n) is 2.16. The van der Waals surface area contributed by atoms with Crippen LogP contribution in [0.5, 0.6) is 11.5 Å². The number of carbonyl (C=O) groups is 2. The number of ether oxygens (including phenoxy) is 3. The predicted molar refractivity (Wildman–Crippen MR) is 97.5 cm³/mol. The van der Waals surface area contributed by atoms with Crippen LogP contribution in [0.3, 0.4) is 0 Å². The fourth-order valence-corrected chi connectivity index (χ4v) is 2.33. The summed E-state index contributed by atoms with van der Waals surface area (Å²) in [6.07, 6.45) is 0. The number of amides is 1. The minimum absolute atomic E-state index is 0.116. The molecule has 0 aromatic heterocycles. The lowest BCUT2D eigenvalue weighted by molar-refractivity contribution is -0.124. The number of anilines is 1. The van der Waals surface area contributed by atoms with Crippen LogP contribution in [0.1, 0.15) is 15.9 Å². The second-order valence-corrected chi connectivity index (χ2v) is 5.71. The van der Waals surface area contributed by atoms with Gasteiger partial charge in [-0.3, -0.25) is 4.79 Å². The zero-order valence-electron chi connectivity index (χ0n) is 14.4. The molecule has 7 nitrogen and oxygen atoms in total. The lowest BCUT2D eigenvalue weighted by Gasteiger charge is -2.11. The van der Waals surface area contributed by atoms with E-state index >= 15 is 0 Å². The van der Waals surface area contributed by atoms with Gasteiger partial charge in [-0.15, -0.1) is 0 Å².